The van der Waals surface area contributed by atoms with Crippen LogP contribution in [0, 0.1) is 6.92 Å². The lowest BCUT2D eigenvalue weighted by atomic mass is 10.1. The van der Waals surface area contributed by atoms with Crippen LogP contribution in [0.15, 0.2) is 53.0 Å². The molecule has 0 saturated heterocycles. The molecule has 0 bridgehead atoms. The van der Waals surface area contributed by atoms with E-state index in [1.807, 2.05) is 55.5 Å². The average molecular weight is 348 g/mol. The van der Waals surface area contributed by atoms with Crippen LogP contribution in [0.4, 0.5) is 0 Å². The highest BCUT2D eigenvalue weighted by molar-refractivity contribution is 9.10. The zero-order valence-corrected chi connectivity index (χ0v) is 13.5. The first-order valence-electron chi connectivity index (χ1n) is 6.89. The van der Waals surface area contributed by atoms with Gasteiger partial charge in [0.2, 0.25) is 0 Å². The summed E-state index contributed by atoms with van der Waals surface area (Å²) in [5.41, 5.74) is 1.73. The molecule has 1 N–H and O–H groups in total. The summed E-state index contributed by atoms with van der Waals surface area (Å²) in [7, 11) is 0. The molecule has 0 aromatic heterocycles. The van der Waals surface area contributed by atoms with E-state index in [1.54, 1.807) is 0 Å². The second kappa shape index (κ2) is 7.84. The number of para-hydroxylation sites is 1. The molecular formula is C17H18BrNO2. The van der Waals surface area contributed by atoms with Crippen molar-refractivity contribution >= 4 is 21.8 Å². The minimum atomic E-state index is -0.0506. The first-order chi connectivity index (χ1) is 10.2. The van der Waals surface area contributed by atoms with Crippen LogP contribution in [0.2, 0.25) is 0 Å². The third kappa shape index (κ3) is 4.90. The highest BCUT2D eigenvalue weighted by atomic mass is 79.9. The number of hydrogen-bond acceptors (Lipinski definition) is 2. The smallest absolute Gasteiger partial charge is 0.251 e. The van der Waals surface area contributed by atoms with E-state index in [-0.39, 0.29) is 5.91 Å². The van der Waals surface area contributed by atoms with Gasteiger partial charge in [0, 0.05) is 16.6 Å². The van der Waals surface area contributed by atoms with Crippen molar-refractivity contribution in [2.24, 2.45) is 0 Å². The van der Waals surface area contributed by atoms with Crippen LogP contribution in [0.1, 0.15) is 22.3 Å². The lowest BCUT2D eigenvalue weighted by Gasteiger charge is -2.08. The molecular weight excluding hydrogens is 330 g/mol. The van der Waals surface area contributed by atoms with Crippen molar-refractivity contribution < 1.29 is 9.53 Å². The summed E-state index contributed by atoms with van der Waals surface area (Å²) in [5, 5.41) is 2.90. The fraction of sp³-hybridized carbons (Fsp3) is 0.235. The van der Waals surface area contributed by atoms with Gasteiger partial charge in [0.05, 0.1) is 6.61 Å². The molecule has 110 valence electrons. The molecule has 0 radical (unpaired) electrons. The number of benzene rings is 2. The molecule has 2 aromatic carbocycles. The molecule has 21 heavy (non-hydrogen) atoms. The molecule has 2 aromatic rings. The van der Waals surface area contributed by atoms with Crippen molar-refractivity contribution in [3.8, 4) is 5.75 Å². The Morgan fingerprint density at radius 1 is 1.19 bits per heavy atom. The minimum absolute atomic E-state index is 0.0506. The fourth-order valence-electron chi connectivity index (χ4n) is 1.87. The average Bonchev–Trinajstić information content (AvgIpc) is 2.50. The van der Waals surface area contributed by atoms with E-state index >= 15 is 0 Å². The van der Waals surface area contributed by atoms with Crippen LogP contribution in [0.5, 0.6) is 5.75 Å². The molecule has 0 saturated carbocycles. The van der Waals surface area contributed by atoms with Gasteiger partial charge in [0.15, 0.2) is 0 Å². The summed E-state index contributed by atoms with van der Waals surface area (Å²) in [6.45, 7) is 3.15. The topological polar surface area (TPSA) is 38.3 Å². The quantitative estimate of drug-likeness (QED) is 0.803. The number of nitrogens with one attached hydrogen (secondary N) is 1. The number of carbonyl (C=O) groups is 1. The summed E-state index contributed by atoms with van der Waals surface area (Å²) in [6, 6.07) is 15.2. The van der Waals surface area contributed by atoms with Gasteiger partial charge in [-0.2, -0.15) is 0 Å². The number of amides is 1. The number of hydrogen-bond donors (Lipinski definition) is 1. The Hall–Kier alpha value is -1.81. The van der Waals surface area contributed by atoms with Gasteiger partial charge in [-0.25, -0.2) is 0 Å². The van der Waals surface area contributed by atoms with Crippen molar-refractivity contribution in [1.29, 1.82) is 0 Å². The Labute approximate surface area is 133 Å². The standard InChI is InChI=1S/C17H18BrNO2/c1-13-12-14(8-9-16(13)18)17(20)19-10-5-11-21-15-6-3-2-4-7-15/h2-4,6-9,12H,5,10-11H2,1H3,(H,19,20). The van der Waals surface area contributed by atoms with E-state index in [1.165, 1.54) is 0 Å². The third-order valence-electron chi connectivity index (χ3n) is 3.04. The van der Waals surface area contributed by atoms with Crippen molar-refractivity contribution in [2.45, 2.75) is 13.3 Å². The Balaban J connectivity index is 1.71. The molecule has 0 atom stereocenters. The second-order valence-electron chi connectivity index (χ2n) is 4.73. The van der Waals surface area contributed by atoms with Gasteiger partial charge in [0.1, 0.15) is 5.75 Å². The number of carbonyl (C=O) groups excluding carboxylic acids is 1. The van der Waals surface area contributed by atoms with Crippen LogP contribution in [0.25, 0.3) is 0 Å². The zero-order chi connectivity index (χ0) is 15.1. The Morgan fingerprint density at radius 2 is 1.95 bits per heavy atom. The van der Waals surface area contributed by atoms with Gasteiger partial charge in [-0.05, 0) is 49.2 Å². The van der Waals surface area contributed by atoms with Crippen LogP contribution >= 0.6 is 15.9 Å². The SMILES string of the molecule is Cc1cc(C(=O)NCCCOc2ccccc2)ccc1Br. The van der Waals surface area contributed by atoms with E-state index in [0.717, 1.165) is 22.2 Å². The predicted octanol–water partition coefficient (Wildman–Crippen LogP) is 3.96. The lowest BCUT2D eigenvalue weighted by molar-refractivity contribution is 0.0951. The number of halogens is 1. The predicted molar refractivity (Wildman–Crippen MR) is 87.8 cm³/mol. The monoisotopic (exact) mass is 347 g/mol. The summed E-state index contributed by atoms with van der Waals surface area (Å²) in [4.78, 5) is 12.0. The van der Waals surface area contributed by atoms with Crippen LogP contribution in [0.3, 0.4) is 0 Å². The van der Waals surface area contributed by atoms with Crippen LogP contribution in [-0.2, 0) is 0 Å². The van der Waals surface area contributed by atoms with E-state index in [2.05, 4.69) is 21.2 Å². The van der Waals surface area contributed by atoms with E-state index in [9.17, 15) is 4.79 Å². The molecule has 4 heteroatoms. The summed E-state index contributed by atoms with van der Waals surface area (Å²) >= 11 is 3.43. The van der Waals surface area contributed by atoms with Crippen molar-refractivity contribution in [3.05, 3.63) is 64.1 Å². The van der Waals surface area contributed by atoms with Crippen LogP contribution < -0.4 is 10.1 Å². The maximum Gasteiger partial charge on any atom is 0.251 e. The molecule has 0 fully saturated rings. The fourth-order valence-corrected chi connectivity index (χ4v) is 2.12. The van der Waals surface area contributed by atoms with E-state index < -0.39 is 0 Å². The highest BCUT2D eigenvalue weighted by Crippen LogP contribution is 2.17. The molecule has 0 heterocycles. The number of aryl methyl sites for hydroxylation is 1. The normalized spacial score (nSPS) is 10.2. The molecule has 0 aliphatic rings. The Morgan fingerprint density at radius 3 is 2.67 bits per heavy atom. The molecule has 0 spiro atoms. The van der Waals surface area contributed by atoms with Gasteiger partial charge in [-0.1, -0.05) is 34.1 Å². The van der Waals surface area contributed by atoms with Gasteiger partial charge < -0.3 is 10.1 Å². The van der Waals surface area contributed by atoms with Gasteiger partial charge >= 0.3 is 0 Å². The molecule has 2 rings (SSSR count). The Bertz CT molecular complexity index is 599. The molecule has 0 aliphatic carbocycles. The van der Waals surface area contributed by atoms with Gasteiger partial charge in [-0.15, -0.1) is 0 Å². The van der Waals surface area contributed by atoms with E-state index in [4.69, 9.17) is 4.74 Å². The summed E-state index contributed by atoms with van der Waals surface area (Å²) in [6.07, 6.45) is 0.774. The lowest BCUT2D eigenvalue weighted by Crippen LogP contribution is -2.25. The third-order valence-corrected chi connectivity index (χ3v) is 3.93. The minimum Gasteiger partial charge on any atom is -0.494 e. The zero-order valence-electron chi connectivity index (χ0n) is 11.9. The summed E-state index contributed by atoms with van der Waals surface area (Å²) < 4.78 is 6.58. The second-order valence-corrected chi connectivity index (χ2v) is 5.59. The van der Waals surface area contributed by atoms with Crippen molar-refractivity contribution in [1.82, 2.24) is 5.32 Å². The Kier molecular flexibility index (Phi) is 5.81. The molecule has 0 aliphatic heterocycles. The van der Waals surface area contributed by atoms with Gasteiger partial charge in [-0.3, -0.25) is 4.79 Å². The van der Waals surface area contributed by atoms with Crippen LogP contribution in [-0.4, -0.2) is 19.1 Å². The van der Waals surface area contributed by atoms with Gasteiger partial charge in [0.25, 0.3) is 5.91 Å². The van der Waals surface area contributed by atoms with E-state index in [0.29, 0.717) is 18.7 Å². The largest absolute Gasteiger partial charge is 0.494 e. The molecule has 3 nitrogen and oxygen atoms in total. The maximum absolute atomic E-state index is 12.0. The first kappa shape index (κ1) is 15.6. The van der Waals surface area contributed by atoms with Crippen molar-refractivity contribution in [3.63, 3.8) is 0 Å². The molecule has 0 unspecified atom stereocenters. The summed E-state index contributed by atoms with van der Waals surface area (Å²) in [5.74, 6) is 0.803. The number of ether oxygens (including phenoxy) is 1. The first-order valence-corrected chi connectivity index (χ1v) is 7.68. The highest BCUT2D eigenvalue weighted by Gasteiger charge is 2.06. The maximum atomic E-state index is 12.0. The molecule has 1 amide bonds. The van der Waals surface area contributed by atoms with Crippen molar-refractivity contribution in [2.75, 3.05) is 13.2 Å². The number of rotatable bonds is 6.